The van der Waals surface area contributed by atoms with Crippen LogP contribution in [0.2, 0.25) is 0 Å². The number of nitro groups is 2. The highest BCUT2D eigenvalue weighted by molar-refractivity contribution is 5.67. The molecule has 0 radical (unpaired) electrons. The highest BCUT2D eigenvalue weighted by Gasteiger charge is 2.18. The first-order valence-corrected chi connectivity index (χ1v) is 5.45. The Bertz CT molecular complexity index is 518. The maximum atomic E-state index is 10.8. The van der Waals surface area contributed by atoms with Crippen molar-refractivity contribution in [2.75, 3.05) is 25.2 Å². The molecule has 1 aromatic carbocycles. The van der Waals surface area contributed by atoms with Crippen molar-refractivity contribution in [1.29, 1.82) is 0 Å². The van der Waals surface area contributed by atoms with Gasteiger partial charge in [-0.15, -0.1) is 0 Å². The van der Waals surface area contributed by atoms with Gasteiger partial charge in [0.1, 0.15) is 5.69 Å². The van der Waals surface area contributed by atoms with Gasteiger partial charge in [0.25, 0.3) is 5.69 Å². The van der Waals surface area contributed by atoms with Crippen LogP contribution in [-0.4, -0.2) is 41.0 Å². The van der Waals surface area contributed by atoms with Crippen LogP contribution in [0.3, 0.4) is 0 Å². The van der Waals surface area contributed by atoms with Gasteiger partial charge in [0, 0.05) is 6.07 Å². The molecular formula is C10H12N4O6. The van der Waals surface area contributed by atoms with E-state index in [4.69, 9.17) is 9.84 Å². The topological polar surface area (TPSA) is 140 Å². The first-order chi connectivity index (χ1) is 9.56. The van der Waals surface area contributed by atoms with Gasteiger partial charge in [-0.05, 0) is 6.07 Å². The van der Waals surface area contributed by atoms with Crippen LogP contribution >= 0.6 is 0 Å². The quantitative estimate of drug-likeness (QED) is 0.313. The van der Waals surface area contributed by atoms with E-state index in [1.54, 1.807) is 0 Å². The van der Waals surface area contributed by atoms with Crippen molar-refractivity contribution in [2.45, 2.75) is 0 Å². The Hall–Kier alpha value is -2.59. The summed E-state index contributed by atoms with van der Waals surface area (Å²) in [5.41, 5.74) is 1.60. The van der Waals surface area contributed by atoms with Gasteiger partial charge in [-0.2, -0.15) is 5.10 Å². The monoisotopic (exact) mass is 284 g/mol. The number of rotatable bonds is 8. The summed E-state index contributed by atoms with van der Waals surface area (Å²) in [4.78, 5) is 19.9. The molecule has 0 heterocycles. The lowest BCUT2D eigenvalue weighted by Gasteiger charge is -2.02. The fourth-order valence-corrected chi connectivity index (χ4v) is 1.23. The van der Waals surface area contributed by atoms with Crippen molar-refractivity contribution in [3.63, 3.8) is 0 Å². The maximum absolute atomic E-state index is 10.8. The van der Waals surface area contributed by atoms with Gasteiger partial charge in [0.2, 0.25) is 0 Å². The molecule has 2 N–H and O–H groups in total. The van der Waals surface area contributed by atoms with Crippen LogP contribution in [-0.2, 0) is 4.74 Å². The lowest BCUT2D eigenvalue weighted by molar-refractivity contribution is -0.393. The fraction of sp³-hybridized carbons (Fsp3) is 0.300. The summed E-state index contributed by atoms with van der Waals surface area (Å²) in [7, 11) is 0. The molecule has 0 spiro atoms. The average Bonchev–Trinajstić information content (AvgIpc) is 2.42. The van der Waals surface area contributed by atoms with E-state index in [9.17, 15) is 20.2 Å². The van der Waals surface area contributed by atoms with Gasteiger partial charge >= 0.3 is 5.69 Å². The second-order valence-electron chi connectivity index (χ2n) is 3.44. The number of benzene rings is 1. The SMILES string of the molecule is O=[N+]([O-])c1ccc(N/N=C\COCCO)c([N+](=O)[O-])c1. The number of nitrogens with one attached hydrogen (secondary N) is 1. The predicted molar refractivity (Wildman–Crippen MR) is 69.8 cm³/mol. The number of non-ortho nitro benzene ring substituents is 1. The maximum Gasteiger partial charge on any atom is 0.301 e. The molecule has 0 saturated heterocycles. The van der Waals surface area contributed by atoms with Crippen LogP contribution < -0.4 is 5.43 Å². The zero-order valence-corrected chi connectivity index (χ0v) is 10.3. The van der Waals surface area contributed by atoms with Crippen LogP contribution in [0.15, 0.2) is 23.3 Å². The molecule has 0 atom stereocenters. The van der Waals surface area contributed by atoms with Crippen molar-refractivity contribution in [3.8, 4) is 0 Å². The summed E-state index contributed by atoms with van der Waals surface area (Å²) < 4.78 is 4.89. The van der Waals surface area contributed by atoms with Gasteiger partial charge in [-0.25, -0.2) is 0 Å². The summed E-state index contributed by atoms with van der Waals surface area (Å²) in [5.74, 6) is 0. The molecule has 0 aliphatic rings. The Labute approximate surface area is 113 Å². The molecule has 0 unspecified atom stereocenters. The van der Waals surface area contributed by atoms with Crippen molar-refractivity contribution in [1.82, 2.24) is 0 Å². The molecule has 20 heavy (non-hydrogen) atoms. The number of hydrazone groups is 1. The van der Waals surface area contributed by atoms with Crippen molar-refractivity contribution >= 4 is 23.3 Å². The van der Waals surface area contributed by atoms with E-state index < -0.39 is 15.5 Å². The van der Waals surface area contributed by atoms with E-state index in [2.05, 4.69) is 10.5 Å². The Balaban J connectivity index is 2.74. The standard InChI is InChI=1S/C10H12N4O6/c15-4-6-20-5-3-11-12-9-2-1-8(13(16)17)7-10(9)14(18)19/h1-3,7,12,15H,4-6H2/b11-3-. The Kier molecular flexibility index (Phi) is 6.00. The third-order valence-electron chi connectivity index (χ3n) is 2.09. The summed E-state index contributed by atoms with van der Waals surface area (Å²) in [6, 6.07) is 3.18. The number of ether oxygens (including phenoxy) is 1. The molecule has 0 aromatic heterocycles. The number of nitrogens with zero attached hydrogens (tertiary/aromatic N) is 3. The fourth-order valence-electron chi connectivity index (χ4n) is 1.23. The summed E-state index contributed by atoms with van der Waals surface area (Å²) >= 11 is 0. The molecule has 0 bridgehead atoms. The summed E-state index contributed by atoms with van der Waals surface area (Å²) in [6.07, 6.45) is 1.31. The number of nitro benzene ring substituents is 2. The van der Waals surface area contributed by atoms with Crippen molar-refractivity contribution in [2.24, 2.45) is 5.10 Å². The lowest BCUT2D eigenvalue weighted by Crippen LogP contribution is -2.03. The van der Waals surface area contributed by atoms with Gasteiger partial charge in [-0.1, -0.05) is 0 Å². The number of anilines is 1. The summed E-state index contributed by atoms with van der Waals surface area (Å²) in [5, 5.41) is 33.5. The molecular weight excluding hydrogens is 272 g/mol. The van der Waals surface area contributed by atoms with Crippen molar-refractivity contribution in [3.05, 3.63) is 38.4 Å². The van der Waals surface area contributed by atoms with E-state index in [0.29, 0.717) is 0 Å². The molecule has 0 aliphatic heterocycles. The first kappa shape index (κ1) is 15.5. The molecule has 0 saturated carbocycles. The average molecular weight is 284 g/mol. The first-order valence-electron chi connectivity index (χ1n) is 5.45. The van der Waals surface area contributed by atoms with Gasteiger partial charge in [-0.3, -0.25) is 25.7 Å². The van der Waals surface area contributed by atoms with Gasteiger partial charge in [0.15, 0.2) is 0 Å². The van der Waals surface area contributed by atoms with Crippen LogP contribution in [0.5, 0.6) is 0 Å². The van der Waals surface area contributed by atoms with E-state index in [0.717, 1.165) is 12.1 Å². The van der Waals surface area contributed by atoms with E-state index >= 15 is 0 Å². The van der Waals surface area contributed by atoms with Crippen LogP contribution in [0.1, 0.15) is 0 Å². The zero-order valence-electron chi connectivity index (χ0n) is 10.3. The lowest BCUT2D eigenvalue weighted by atomic mass is 10.2. The normalized spacial score (nSPS) is 10.7. The van der Waals surface area contributed by atoms with Gasteiger partial charge < -0.3 is 9.84 Å². The molecule has 1 aromatic rings. The molecule has 0 aliphatic carbocycles. The molecule has 0 amide bonds. The second-order valence-corrected chi connectivity index (χ2v) is 3.44. The van der Waals surface area contributed by atoms with E-state index in [-0.39, 0.29) is 31.2 Å². The highest BCUT2D eigenvalue weighted by Crippen LogP contribution is 2.28. The minimum absolute atomic E-state index is 0.0269. The molecule has 0 fully saturated rings. The Morgan fingerprint density at radius 3 is 2.70 bits per heavy atom. The van der Waals surface area contributed by atoms with E-state index in [1.165, 1.54) is 12.3 Å². The number of hydrogen-bond acceptors (Lipinski definition) is 8. The molecule has 108 valence electrons. The Morgan fingerprint density at radius 1 is 1.35 bits per heavy atom. The third kappa shape index (κ3) is 4.59. The number of aliphatic hydroxyl groups is 1. The second kappa shape index (κ2) is 7.76. The van der Waals surface area contributed by atoms with Crippen LogP contribution in [0, 0.1) is 20.2 Å². The molecule has 10 nitrogen and oxygen atoms in total. The number of hydrogen-bond donors (Lipinski definition) is 2. The van der Waals surface area contributed by atoms with Crippen LogP contribution in [0.25, 0.3) is 0 Å². The smallest absolute Gasteiger partial charge is 0.301 e. The minimum atomic E-state index is -0.743. The van der Waals surface area contributed by atoms with Crippen LogP contribution in [0.4, 0.5) is 17.1 Å². The number of aliphatic hydroxyl groups excluding tert-OH is 1. The zero-order chi connectivity index (χ0) is 15.0. The van der Waals surface area contributed by atoms with Gasteiger partial charge in [0.05, 0.1) is 41.9 Å². The van der Waals surface area contributed by atoms with Crippen molar-refractivity contribution < 1.29 is 19.7 Å². The Morgan fingerprint density at radius 2 is 2.10 bits per heavy atom. The molecule has 10 heteroatoms. The third-order valence-corrected chi connectivity index (χ3v) is 2.09. The highest BCUT2D eigenvalue weighted by atomic mass is 16.6. The van der Waals surface area contributed by atoms with E-state index in [1.807, 2.05) is 0 Å². The molecule has 1 rings (SSSR count). The minimum Gasteiger partial charge on any atom is -0.394 e. The largest absolute Gasteiger partial charge is 0.394 e. The predicted octanol–water partition coefficient (Wildman–Crippen LogP) is 0.910. The summed E-state index contributed by atoms with van der Waals surface area (Å²) in [6.45, 7) is 0.160.